The fourth-order valence-electron chi connectivity index (χ4n) is 2.56. The molecule has 0 aliphatic rings. The number of pyridine rings is 1. The maximum Gasteiger partial charge on any atom is 0.417 e. The van der Waals surface area contributed by atoms with Crippen LogP contribution in [0.25, 0.3) is 22.3 Å². The number of hydrogen-bond donors (Lipinski definition) is 1. The maximum absolute atomic E-state index is 13.6. The van der Waals surface area contributed by atoms with E-state index in [1.165, 1.54) is 22.8 Å². The van der Waals surface area contributed by atoms with Crippen molar-refractivity contribution in [3.05, 3.63) is 69.5 Å². The van der Waals surface area contributed by atoms with Crippen molar-refractivity contribution in [1.82, 2.24) is 14.5 Å². The Kier molecular flexibility index (Phi) is 4.49. The van der Waals surface area contributed by atoms with Gasteiger partial charge < -0.3 is 0 Å². The molecule has 0 radical (unpaired) electrons. The molecule has 4 nitrogen and oxygen atoms in total. The minimum absolute atomic E-state index is 0.0531. The van der Waals surface area contributed by atoms with Gasteiger partial charge in [0.1, 0.15) is 11.5 Å². The lowest BCUT2D eigenvalue weighted by atomic mass is 10.1. The molecule has 2 aromatic heterocycles. The molecule has 134 valence electrons. The minimum Gasteiger partial charge on any atom is -0.299 e. The van der Waals surface area contributed by atoms with E-state index >= 15 is 0 Å². The molecule has 0 saturated heterocycles. The molecular weight excluding hydrogens is 370 g/mol. The standard InChI is InChI=1S/C17H11F4N3OS/c1-2-7-24-14-13(15(25)23-16(24)26)11(17(19,20)21)8-12(22-14)9-3-5-10(18)6-4-9/h2-6,8H,1,7H2,(H,23,25,26). The SMILES string of the molecule is C=CCn1c(=S)[nH]c(=O)c2c(C(F)(F)F)cc(-c3ccc(F)cc3)nc21. The Hall–Kier alpha value is -2.81. The van der Waals surface area contributed by atoms with Crippen LogP contribution in [0, 0.1) is 10.6 Å². The number of allylic oxidation sites excluding steroid dienone is 1. The first-order chi connectivity index (χ1) is 12.2. The van der Waals surface area contributed by atoms with Crippen molar-refractivity contribution in [1.29, 1.82) is 0 Å². The number of halogens is 4. The van der Waals surface area contributed by atoms with E-state index in [1.807, 2.05) is 0 Å². The Morgan fingerprint density at radius 2 is 1.92 bits per heavy atom. The summed E-state index contributed by atoms with van der Waals surface area (Å²) in [6.07, 6.45) is -3.37. The molecule has 0 unspecified atom stereocenters. The third kappa shape index (κ3) is 3.17. The molecule has 2 heterocycles. The van der Waals surface area contributed by atoms with Crippen molar-refractivity contribution < 1.29 is 17.6 Å². The number of nitrogens with zero attached hydrogens (tertiary/aromatic N) is 2. The van der Waals surface area contributed by atoms with Gasteiger partial charge in [0.2, 0.25) is 0 Å². The van der Waals surface area contributed by atoms with Gasteiger partial charge in [0.05, 0.1) is 16.6 Å². The summed E-state index contributed by atoms with van der Waals surface area (Å²) in [5, 5.41) is -0.612. The summed E-state index contributed by atoms with van der Waals surface area (Å²) in [5.41, 5.74) is -2.11. The van der Waals surface area contributed by atoms with Crippen LogP contribution in [0.3, 0.4) is 0 Å². The lowest BCUT2D eigenvalue weighted by molar-refractivity contribution is -0.136. The number of H-pyrrole nitrogens is 1. The number of aromatic amines is 1. The summed E-state index contributed by atoms with van der Waals surface area (Å²) in [4.78, 5) is 18.6. The second kappa shape index (κ2) is 6.49. The van der Waals surface area contributed by atoms with E-state index in [0.29, 0.717) is 0 Å². The molecule has 1 aromatic carbocycles. The predicted molar refractivity (Wildman–Crippen MR) is 91.8 cm³/mol. The fourth-order valence-corrected chi connectivity index (χ4v) is 2.82. The van der Waals surface area contributed by atoms with Gasteiger partial charge in [0, 0.05) is 12.1 Å². The number of fused-ring (bicyclic) bond motifs is 1. The van der Waals surface area contributed by atoms with Crippen LogP contribution in [-0.4, -0.2) is 14.5 Å². The van der Waals surface area contributed by atoms with Crippen LogP contribution in [0.1, 0.15) is 5.56 Å². The van der Waals surface area contributed by atoms with Crippen LogP contribution in [0.2, 0.25) is 0 Å². The molecule has 1 N–H and O–H groups in total. The molecule has 0 amide bonds. The van der Waals surface area contributed by atoms with E-state index < -0.39 is 28.5 Å². The number of rotatable bonds is 3. The maximum atomic E-state index is 13.6. The van der Waals surface area contributed by atoms with Gasteiger partial charge in [-0.15, -0.1) is 6.58 Å². The summed E-state index contributed by atoms with van der Waals surface area (Å²) in [7, 11) is 0. The summed E-state index contributed by atoms with van der Waals surface area (Å²) in [6, 6.07) is 5.61. The molecule has 0 saturated carbocycles. The van der Waals surface area contributed by atoms with Crippen LogP contribution in [0.5, 0.6) is 0 Å². The average molecular weight is 381 g/mol. The third-order valence-corrected chi connectivity index (χ3v) is 4.03. The first kappa shape index (κ1) is 18.0. The number of hydrogen-bond acceptors (Lipinski definition) is 3. The van der Waals surface area contributed by atoms with Gasteiger partial charge in [-0.05, 0) is 42.5 Å². The van der Waals surface area contributed by atoms with Crippen LogP contribution in [-0.2, 0) is 12.7 Å². The molecule has 26 heavy (non-hydrogen) atoms. The second-order valence-electron chi connectivity index (χ2n) is 5.42. The van der Waals surface area contributed by atoms with Crippen molar-refractivity contribution in [2.45, 2.75) is 12.7 Å². The molecule has 0 bridgehead atoms. The predicted octanol–water partition coefficient (Wildman–Crippen LogP) is 4.46. The van der Waals surface area contributed by atoms with E-state index in [4.69, 9.17) is 12.2 Å². The van der Waals surface area contributed by atoms with E-state index in [-0.39, 0.29) is 28.2 Å². The molecule has 0 atom stereocenters. The van der Waals surface area contributed by atoms with Gasteiger partial charge in [0.15, 0.2) is 4.77 Å². The molecule has 0 spiro atoms. The average Bonchev–Trinajstić information content (AvgIpc) is 2.57. The zero-order valence-corrected chi connectivity index (χ0v) is 13.9. The number of aromatic nitrogens is 3. The fraction of sp³-hybridized carbons (Fsp3) is 0.118. The van der Waals surface area contributed by atoms with Crippen LogP contribution in [0.4, 0.5) is 17.6 Å². The second-order valence-corrected chi connectivity index (χ2v) is 5.80. The van der Waals surface area contributed by atoms with Gasteiger partial charge >= 0.3 is 6.18 Å². The number of benzene rings is 1. The number of nitrogens with one attached hydrogen (secondary N) is 1. The van der Waals surface area contributed by atoms with Crippen LogP contribution >= 0.6 is 12.2 Å². The smallest absolute Gasteiger partial charge is 0.299 e. The van der Waals surface area contributed by atoms with Gasteiger partial charge in [-0.1, -0.05) is 6.08 Å². The summed E-state index contributed by atoms with van der Waals surface area (Å²) >= 11 is 5.03. The quantitative estimate of drug-likeness (QED) is 0.414. The van der Waals surface area contributed by atoms with E-state index in [2.05, 4.69) is 16.5 Å². The molecule has 3 aromatic rings. The van der Waals surface area contributed by atoms with Crippen molar-refractivity contribution in [3.8, 4) is 11.3 Å². The van der Waals surface area contributed by atoms with Crippen molar-refractivity contribution >= 4 is 23.3 Å². The highest BCUT2D eigenvalue weighted by Gasteiger charge is 2.35. The molecule has 9 heteroatoms. The molecular formula is C17H11F4N3OS. The Morgan fingerprint density at radius 1 is 1.27 bits per heavy atom. The third-order valence-electron chi connectivity index (χ3n) is 3.71. The Labute approximate surface area is 149 Å². The van der Waals surface area contributed by atoms with Crippen molar-refractivity contribution in [2.75, 3.05) is 0 Å². The lowest BCUT2D eigenvalue weighted by Gasteiger charge is -2.15. The van der Waals surface area contributed by atoms with E-state index in [1.54, 1.807) is 0 Å². The topological polar surface area (TPSA) is 50.7 Å². The van der Waals surface area contributed by atoms with Crippen LogP contribution in [0.15, 0.2) is 47.8 Å². The highest BCUT2D eigenvalue weighted by Crippen LogP contribution is 2.35. The Bertz CT molecular complexity index is 1110. The van der Waals surface area contributed by atoms with Gasteiger partial charge in [-0.2, -0.15) is 13.2 Å². The first-order valence-electron chi connectivity index (χ1n) is 7.34. The molecule has 3 rings (SSSR count). The van der Waals surface area contributed by atoms with Crippen molar-refractivity contribution in [2.24, 2.45) is 0 Å². The zero-order valence-electron chi connectivity index (χ0n) is 13.1. The highest BCUT2D eigenvalue weighted by molar-refractivity contribution is 7.71. The van der Waals surface area contributed by atoms with E-state index in [9.17, 15) is 22.4 Å². The van der Waals surface area contributed by atoms with E-state index in [0.717, 1.165) is 18.2 Å². The van der Waals surface area contributed by atoms with Gasteiger partial charge in [-0.3, -0.25) is 14.3 Å². The Balaban J connectivity index is 2.48. The first-order valence-corrected chi connectivity index (χ1v) is 7.75. The Morgan fingerprint density at radius 3 is 2.50 bits per heavy atom. The summed E-state index contributed by atoms with van der Waals surface area (Å²) < 4.78 is 55.0. The van der Waals surface area contributed by atoms with Gasteiger partial charge in [0.25, 0.3) is 5.56 Å². The monoisotopic (exact) mass is 381 g/mol. The van der Waals surface area contributed by atoms with Gasteiger partial charge in [-0.25, -0.2) is 9.37 Å². The molecule has 0 aliphatic heterocycles. The lowest BCUT2D eigenvalue weighted by Crippen LogP contribution is -2.20. The zero-order chi connectivity index (χ0) is 19.1. The summed E-state index contributed by atoms with van der Waals surface area (Å²) in [5.74, 6) is -0.531. The highest BCUT2D eigenvalue weighted by atomic mass is 32.1. The van der Waals surface area contributed by atoms with Crippen molar-refractivity contribution in [3.63, 3.8) is 0 Å². The van der Waals surface area contributed by atoms with Crippen LogP contribution < -0.4 is 5.56 Å². The molecule has 0 fully saturated rings. The molecule has 0 aliphatic carbocycles. The summed E-state index contributed by atoms with van der Waals surface area (Å²) in [6.45, 7) is 3.60. The number of alkyl halides is 3. The minimum atomic E-state index is -4.79. The largest absolute Gasteiger partial charge is 0.417 e. The normalized spacial score (nSPS) is 11.7.